The fourth-order valence-corrected chi connectivity index (χ4v) is 3.01. The van der Waals surface area contributed by atoms with E-state index in [1.54, 1.807) is 36.4 Å². The number of carbonyl (C=O) groups is 1. The van der Waals surface area contributed by atoms with E-state index in [1.165, 1.54) is 19.2 Å². The monoisotopic (exact) mass is 422 g/mol. The van der Waals surface area contributed by atoms with E-state index in [1.807, 2.05) is 37.2 Å². The maximum Gasteiger partial charge on any atom is 0.196 e. The second kappa shape index (κ2) is 10.00. The standard InChI is InChI=1S/C25H24F2N2O2/c1-29(2)14-4-5-17-6-13-24(31-3)21(15-17)25(30)18-7-10-20(11-8-18)28-23-12-9-19(26)16-22(23)27/h4-13,15-16,28H,14H2,1-3H3/b5-4+. The minimum atomic E-state index is -0.691. The Labute approximate surface area is 180 Å². The normalized spacial score (nSPS) is 11.2. The molecule has 3 aromatic rings. The lowest BCUT2D eigenvalue weighted by Crippen LogP contribution is -2.10. The van der Waals surface area contributed by atoms with Crippen LogP contribution in [0.15, 0.2) is 66.7 Å². The first-order chi connectivity index (χ1) is 14.9. The van der Waals surface area contributed by atoms with Crippen molar-refractivity contribution in [2.75, 3.05) is 33.1 Å². The predicted molar refractivity (Wildman–Crippen MR) is 120 cm³/mol. The van der Waals surface area contributed by atoms with Gasteiger partial charge in [0.1, 0.15) is 17.4 Å². The highest BCUT2D eigenvalue weighted by atomic mass is 19.1. The van der Waals surface area contributed by atoms with E-state index in [9.17, 15) is 13.6 Å². The van der Waals surface area contributed by atoms with Crippen LogP contribution < -0.4 is 10.1 Å². The maximum atomic E-state index is 13.8. The molecule has 0 aliphatic carbocycles. The molecule has 0 aliphatic heterocycles. The number of hydrogen-bond acceptors (Lipinski definition) is 4. The minimum Gasteiger partial charge on any atom is -0.496 e. The lowest BCUT2D eigenvalue weighted by molar-refractivity contribution is 0.103. The number of ether oxygens (including phenoxy) is 1. The van der Waals surface area contributed by atoms with Gasteiger partial charge in [-0.05, 0) is 68.2 Å². The van der Waals surface area contributed by atoms with E-state index in [0.717, 1.165) is 18.2 Å². The molecule has 0 atom stereocenters. The second-order valence-corrected chi connectivity index (χ2v) is 7.28. The molecule has 0 saturated carbocycles. The molecule has 3 aromatic carbocycles. The van der Waals surface area contributed by atoms with Crippen LogP contribution in [-0.2, 0) is 0 Å². The summed E-state index contributed by atoms with van der Waals surface area (Å²) in [6.45, 7) is 0.790. The van der Waals surface area contributed by atoms with Gasteiger partial charge < -0.3 is 15.0 Å². The molecule has 0 heterocycles. The highest BCUT2D eigenvalue weighted by Crippen LogP contribution is 2.26. The van der Waals surface area contributed by atoms with Crippen molar-refractivity contribution in [3.63, 3.8) is 0 Å². The lowest BCUT2D eigenvalue weighted by atomic mass is 9.99. The Bertz CT molecular complexity index is 1090. The summed E-state index contributed by atoms with van der Waals surface area (Å²) in [5.74, 6) is -1.02. The maximum absolute atomic E-state index is 13.8. The van der Waals surface area contributed by atoms with Gasteiger partial charge in [-0.2, -0.15) is 0 Å². The third-order valence-electron chi connectivity index (χ3n) is 4.61. The fraction of sp³-hybridized carbons (Fsp3) is 0.160. The molecular weight excluding hydrogens is 398 g/mol. The molecule has 0 unspecified atom stereocenters. The Balaban J connectivity index is 1.81. The van der Waals surface area contributed by atoms with Crippen molar-refractivity contribution in [1.29, 1.82) is 0 Å². The molecule has 0 amide bonds. The first-order valence-electron chi connectivity index (χ1n) is 9.73. The quantitative estimate of drug-likeness (QED) is 0.485. The van der Waals surface area contributed by atoms with E-state index < -0.39 is 11.6 Å². The van der Waals surface area contributed by atoms with Crippen LogP contribution in [0, 0.1) is 11.6 Å². The summed E-state index contributed by atoms with van der Waals surface area (Å²) in [5.41, 5.74) is 2.56. The molecule has 0 saturated heterocycles. The average molecular weight is 422 g/mol. The molecule has 0 aliphatic rings. The summed E-state index contributed by atoms with van der Waals surface area (Å²) in [5, 5.41) is 2.88. The van der Waals surface area contributed by atoms with E-state index in [-0.39, 0.29) is 11.5 Å². The van der Waals surface area contributed by atoms with Gasteiger partial charge in [0, 0.05) is 23.9 Å². The molecule has 3 rings (SSSR count). The Morgan fingerprint density at radius 2 is 1.77 bits per heavy atom. The van der Waals surface area contributed by atoms with Crippen molar-refractivity contribution in [2.45, 2.75) is 0 Å². The Kier molecular flexibility index (Phi) is 7.15. The zero-order valence-electron chi connectivity index (χ0n) is 17.7. The number of rotatable bonds is 8. The summed E-state index contributed by atoms with van der Waals surface area (Å²) < 4.78 is 32.3. The number of anilines is 2. The molecule has 0 spiro atoms. The third-order valence-corrected chi connectivity index (χ3v) is 4.61. The van der Waals surface area contributed by atoms with Crippen molar-refractivity contribution in [2.24, 2.45) is 0 Å². The van der Waals surface area contributed by atoms with E-state index in [0.29, 0.717) is 22.6 Å². The average Bonchev–Trinajstić information content (AvgIpc) is 2.75. The Morgan fingerprint density at radius 1 is 1.03 bits per heavy atom. The predicted octanol–water partition coefficient (Wildman–Crippen LogP) is 5.52. The fourth-order valence-electron chi connectivity index (χ4n) is 3.01. The van der Waals surface area contributed by atoms with Gasteiger partial charge >= 0.3 is 0 Å². The summed E-state index contributed by atoms with van der Waals surface area (Å²) in [4.78, 5) is 15.1. The Hall–Kier alpha value is -3.51. The van der Waals surface area contributed by atoms with Crippen LogP contribution in [0.25, 0.3) is 6.08 Å². The van der Waals surface area contributed by atoms with Gasteiger partial charge in [-0.15, -0.1) is 0 Å². The van der Waals surface area contributed by atoms with Gasteiger partial charge in [-0.3, -0.25) is 4.79 Å². The smallest absolute Gasteiger partial charge is 0.196 e. The number of hydrogen-bond donors (Lipinski definition) is 1. The van der Waals surface area contributed by atoms with Crippen molar-refractivity contribution < 1.29 is 18.3 Å². The molecule has 0 radical (unpaired) electrons. The zero-order valence-corrected chi connectivity index (χ0v) is 17.7. The molecule has 0 aromatic heterocycles. The highest BCUT2D eigenvalue weighted by molar-refractivity contribution is 6.11. The largest absolute Gasteiger partial charge is 0.496 e. The van der Waals surface area contributed by atoms with E-state index in [4.69, 9.17) is 4.74 Å². The SMILES string of the molecule is COc1ccc(/C=C/CN(C)C)cc1C(=O)c1ccc(Nc2ccc(F)cc2F)cc1. The first kappa shape index (κ1) is 22.2. The van der Waals surface area contributed by atoms with Gasteiger partial charge in [-0.25, -0.2) is 8.78 Å². The molecule has 0 fully saturated rings. The number of nitrogens with one attached hydrogen (secondary N) is 1. The van der Waals surface area contributed by atoms with Crippen molar-refractivity contribution in [3.05, 3.63) is 95.1 Å². The number of methoxy groups -OCH3 is 1. The van der Waals surface area contributed by atoms with E-state index >= 15 is 0 Å². The van der Waals surface area contributed by atoms with Crippen molar-refractivity contribution in [1.82, 2.24) is 4.90 Å². The van der Waals surface area contributed by atoms with Gasteiger partial charge in [0.25, 0.3) is 0 Å². The van der Waals surface area contributed by atoms with Crippen LogP contribution in [0.2, 0.25) is 0 Å². The molecular formula is C25H24F2N2O2. The molecule has 6 heteroatoms. The molecule has 4 nitrogen and oxygen atoms in total. The van der Waals surface area contributed by atoms with Crippen LogP contribution >= 0.6 is 0 Å². The Morgan fingerprint density at radius 3 is 2.42 bits per heavy atom. The van der Waals surface area contributed by atoms with Crippen LogP contribution in [0.5, 0.6) is 5.75 Å². The van der Waals surface area contributed by atoms with E-state index in [2.05, 4.69) is 5.32 Å². The lowest BCUT2D eigenvalue weighted by Gasteiger charge is -2.11. The molecule has 160 valence electrons. The topological polar surface area (TPSA) is 41.6 Å². The van der Waals surface area contributed by atoms with Gasteiger partial charge in [0.05, 0.1) is 18.4 Å². The van der Waals surface area contributed by atoms with Gasteiger partial charge in [0.2, 0.25) is 0 Å². The summed E-state index contributed by atoms with van der Waals surface area (Å²) in [6.07, 6.45) is 3.98. The summed E-state index contributed by atoms with van der Waals surface area (Å²) in [7, 11) is 5.49. The van der Waals surface area contributed by atoms with Crippen molar-refractivity contribution in [3.8, 4) is 5.75 Å². The molecule has 31 heavy (non-hydrogen) atoms. The first-order valence-corrected chi connectivity index (χ1v) is 9.73. The van der Waals surface area contributed by atoms with Crippen LogP contribution in [0.3, 0.4) is 0 Å². The van der Waals surface area contributed by atoms with Crippen LogP contribution in [0.4, 0.5) is 20.2 Å². The molecule has 0 bridgehead atoms. The zero-order chi connectivity index (χ0) is 22.4. The van der Waals surface area contributed by atoms with Crippen molar-refractivity contribution >= 4 is 23.2 Å². The number of halogens is 2. The van der Waals surface area contributed by atoms with Crippen LogP contribution in [-0.4, -0.2) is 38.4 Å². The highest BCUT2D eigenvalue weighted by Gasteiger charge is 2.15. The van der Waals surface area contributed by atoms with Crippen LogP contribution in [0.1, 0.15) is 21.5 Å². The molecule has 1 N–H and O–H groups in total. The summed E-state index contributed by atoms with van der Waals surface area (Å²) in [6, 6.07) is 15.4. The van der Waals surface area contributed by atoms with Gasteiger partial charge in [-0.1, -0.05) is 18.2 Å². The van der Waals surface area contributed by atoms with Gasteiger partial charge in [0.15, 0.2) is 5.78 Å². The third kappa shape index (κ3) is 5.77. The number of benzene rings is 3. The number of carbonyl (C=O) groups excluding carboxylic acids is 1. The second-order valence-electron chi connectivity index (χ2n) is 7.28. The summed E-state index contributed by atoms with van der Waals surface area (Å²) >= 11 is 0. The number of ketones is 1. The number of nitrogens with zero attached hydrogens (tertiary/aromatic N) is 1. The minimum absolute atomic E-state index is 0.152. The number of likely N-dealkylation sites (N-methyl/N-ethyl adjacent to an activating group) is 1.